The summed E-state index contributed by atoms with van der Waals surface area (Å²) in [6.45, 7) is 2.02. The van der Waals surface area contributed by atoms with Gasteiger partial charge in [-0.25, -0.2) is 4.98 Å². The van der Waals surface area contributed by atoms with Crippen molar-refractivity contribution >= 4 is 42.5 Å². The Morgan fingerprint density at radius 3 is 2.29 bits per heavy atom. The largest absolute Gasteiger partial charge is 0.315 e. The third kappa shape index (κ3) is 3.81. The maximum absolute atomic E-state index is 12.8. The van der Waals surface area contributed by atoms with Crippen molar-refractivity contribution in [1.29, 1.82) is 0 Å². The Morgan fingerprint density at radius 2 is 1.61 bits per heavy atom. The van der Waals surface area contributed by atoms with Crippen LogP contribution in [0, 0.1) is 6.92 Å². The Morgan fingerprint density at radius 1 is 0.929 bits per heavy atom. The van der Waals surface area contributed by atoms with E-state index in [1.54, 1.807) is 18.2 Å². The van der Waals surface area contributed by atoms with Gasteiger partial charge in [0, 0.05) is 5.56 Å². The average Bonchev–Trinajstić information content (AvgIpc) is 3.13. The number of hydrogen-bond donors (Lipinski definition) is 1. The number of thiazole rings is 1. The molecule has 1 heterocycles. The SMILES string of the molecule is Cc1cccc2nc(NC(=NS(=O)(=O)c3ccccc3)c3ccccc3)sc12. The van der Waals surface area contributed by atoms with Gasteiger partial charge in [-0.3, -0.25) is 0 Å². The number of fused-ring (bicyclic) bond motifs is 1. The highest BCUT2D eigenvalue weighted by Gasteiger charge is 2.17. The summed E-state index contributed by atoms with van der Waals surface area (Å²) in [5.74, 6) is 0.237. The second kappa shape index (κ2) is 7.53. The number of aryl methyl sites for hydroxylation is 1. The molecule has 28 heavy (non-hydrogen) atoms. The molecule has 0 atom stereocenters. The topological polar surface area (TPSA) is 71.4 Å². The first-order valence-corrected chi connectivity index (χ1v) is 10.9. The van der Waals surface area contributed by atoms with E-state index in [1.165, 1.54) is 23.5 Å². The maximum atomic E-state index is 12.8. The van der Waals surface area contributed by atoms with Crippen LogP contribution in [0.2, 0.25) is 0 Å². The molecule has 0 aliphatic heterocycles. The highest BCUT2D eigenvalue weighted by Crippen LogP contribution is 2.29. The molecule has 0 aliphatic rings. The van der Waals surface area contributed by atoms with E-state index < -0.39 is 10.0 Å². The molecule has 4 rings (SSSR count). The van der Waals surface area contributed by atoms with Crippen molar-refractivity contribution in [2.24, 2.45) is 4.40 Å². The Labute approximate surface area is 167 Å². The summed E-state index contributed by atoms with van der Waals surface area (Å²) < 4.78 is 30.7. The van der Waals surface area contributed by atoms with E-state index >= 15 is 0 Å². The van der Waals surface area contributed by atoms with Crippen molar-refractivity contribution in [3.05, 3.63) is 90.0 Å². The molecule has 0 aliphatic carbocycles. The monoisotopic (exact) mass is 407 g/mol. The van der Waals surface area contributed by atoms with E-state index in [4.69, 9.17) is 0 Å². The molecule has 1 aromatic heterocycles. The van der Waals surface area contributed by atoms with Gasteiger partial charge in [0.2, 0.25) is 0 Å². The second-order valence-corrected chi connectivity index (χ2v) is 8.76. The number of nitrogens with zero attached hydrogens (tertiary/aromatic N) is 2. The summed E-state index contributed by atoms with van der Waals surface area (Å²) >= 11 is 1.47. The number of benzene rings is 3. The van der Waals surface area contributed by atoms with Crippen molar-refractivity contribution in [1.82, 2.24) is 4.98 Å². The van der Waals surface area contributed by atoms with Gasteiger partial charge in [0.15, 0.2) is 11.0 Å². The summed E-state index contributed by atoms with van der Waals surface area (Å²) in [5, 5.41) is 3.71. The van der Waals surface area contributed by atoms with Crippen LogP contribution < -0.4 is 5.32 Å². The molecule has 3 aromatic carbocycles. The van der Waals surface area contributed by atoms with E-state index in [1.807, 2.05) is 55.5 Å². The van der Waals surface area contributed by atoms with Gasteiger partial charge in [-0.15, -0.1) is 4.40 Å². The minimum Gasteiger partial charge on any atom is -0.315 e. The van der Waals surface area contributed by atoms with Crippen LogP contribution >= 0.6 is 11.3 Å². The number of amidine groups is 1. The summed E-state index contributed by atoms with van der Waals surface area (Å²) in [5.41, 5.74) is 2.65. The minimum absolute atomic E-state index is 0.144. The number of aromatic nitrogens is 1. The van der Waals surface area contributed by atoms with Crippen molar-refractivity contribution in [2.75, 3.05) is 5.32 Å². The van der Waals surface area contributed by atoms with Gasteiger partial charge in [-0.2, -0.15) is 8.42 Å². The van der Waals surface area contributed by atoms with Crippen LogP contribution in [0.4, 0.5) is 5.13 Å². The van der Waals surface area contributed by atoms with Crippen molar-refractivity contribution in [3.63, 3.8) is 0 Å². The van der Waals surface area contributed by atoms with Gasteiger partial charge >= 0.3 is 0 Å². The molecular formula is C21H17N3O2S2. The van der Waals surface area contributed by atoms with Gasteiger partial charge in [0.1, 0.15) is 0 Å². The highest BCUT2D eigenvalue weighted by molar-refractivity contribution is 7.90. The molecule has 7 heteroatoms. The number of hydrogen-bond acceptors (Lipinski definition) is 4. The Kier molecular flexibility index (Phi) is 4.93. The number of rotatable bonds is 4. The molecule has 0 bridgehead atoms. The molecular weight excluding hydrogens is 390 g/mol. The summed E-state index contributed by atoms with van der Waals surface area (Å²) in [4.78, 5) is 4.72. The van der Waals surface area contributed by atoms with Crippen LogP contribution in [-0.2, 0) is 10.0 Å². The smallest absolute Gasteiger partial charge is 0.284 e. The second-order valence-electron chi connectivity index (χ2n) is 6.16. The third-order valence-corrected chi connectivity index (χ3v) is 6.55. The average molecular weight is 408 g/mol. The fourth-order valence-corrected chi connectivity index (χ4v) is 4.68. The Balaban J connectivity index is 1.79. The molecule has 4 aromatic rings. The fourth-order valence-electron chi connectivity index (χ4n) is 2.75. The normalized spacial score (nSPS) is 12.2. The van der Waals surface area contributed by atoms with E-state index in [9.17, 15) is 8.42 Å². The Bertz CT molecular complexity index is 1250. The van der Waals surface area contributed by atoms with Crippen molar-refractivity contribution in [2.45, 2.75) is 11.8 Å². The van der Waals surface area contributed by atoms with Gasteiger partial charge in [-0.1, -0.05) is 72.0 Å². The van der Waals surface area contributed by atoms with Gasteiger partial charge in [0.25, 0.3) is 10.0 Å². The van der Waals surface area contributed by atoms with Crippen LogP contribution in [0.15, 0.2) is 88.2 Å². The van der Waals surface area contributed by atoms with E-state index in [2.05, 4.69) is 14.7 Å². The fraction of sp³-hybridized carbons (Fsp3) is 0.0476. The Hall–Kier alpha value is -3.03. The van der Waals surface area contributed by atoms with Crippen LogP contribution in [0.5, 0.6) is 0 Å². The lowest BCUT2D eigenvalue weighted by Crippen LogP contribution is -2.16. The van der Waals surface area contributed by atoms with Crippen LogP contribution in [-0.4, -0.2) is 19.2 Å². The number of anilines is 1. The predicted octanol–water partition coefficient (Wildman–Crippen LogP) is 4.85. The van der Waals surface area contributed by atoms with E-state index in [0.29, 0.717) is 10.7 Å². The first-order chi connectivity index (χ1) is 13.5. The van der Waals surface area contributed by atoms with Crippen molar-refractivity contribution in [3.8, 4) is 0 Å². The molecule has 0 amide bonds. The molecule has 0 saturated heterocycles. The maximum Gasteiger partial charge on any atom is 0.284 e. The van der Waals surface area contributed by atoms with E-state index in [0.717, 1.165) is 15.8 Å². The number of nitrogens with one attached hydrogen (secondary N) is 1. The molecule has 0 unspecified atom stereocenters. The predicted molar refractivity (Wildman–Crippen MR) is 115 cm³/mol. The lowest BCUT2D eigenvalue weighted by Gasteiger charge is -2.08. The van der Waals surface area contributed by atoms with Crippen LogP contribution in [0.1, 0.15) is 11.1 Å². The third-order valence-electron chi connectivity index (χ3n) is 4.14. The zero-order chi connectivity index (χ0) is 19.6. The lowest BCUT2D eigenvalue weighted by atomic mass is 10.2. The molecule has 140 valence electrons. The van der Waals surface area contributed by atoms with E-state index in [-0.39, 0.29) is 10.7 Å². The molecule has 1 N–H and O–H groups in total. The standard InChI is InChI=1S/C21H17N3O2S2/c1-15-9-8-14-18-19(15)27-21(22-18)23-20(16-10-4-2-5-11-16)24-28(25,26)17-12-6-3-7-13-17/h2-14H,1H3,(H,22,23,24). The molecule has 0 fully saturated rings. The summed E-state index contributed by atoms with van der Waals surface area (Å²) in [6, 6.07) is 23.3. The highest BCUT2D eigenvalue weighted by atomic mass is 32.2. The number of sulfonamides is 1. The molecule has 5 nitrogen and oxygen atoms in total. The van der Waals surface area contributed by atoms with Gasteiger partial charge in [-0.05, 0) is 30.7 Å². The summed E-state index contributed by atoms with van der Waals surface area (Å²) in [7, 11) is -3.86. The van der Waals surface area contributed by atoms with Gasteiger partial charge in [0.05, 0.1) is 15.1 Å². The zero-order valence-electron chi connectivity index (χ0n) is 15.0. The van der Waals surface area contributed by atoms with Crippen LogP contribution in [0.25, 0.3) is 10.2 Å². The first kappa shape index (κ1) is 18.3. The summed E-state index contributed by atoms with van der Waals surface area (Å²) in [6.07, 6.45) is 0. The zero-order valence-corrected chi connectivity index (χ0v) is 16.7. The lowest BCUT2D eigenvalue weighted by molar-refractivity contribution is 0.598. The molecule has 0 radical (unpaired) electrons. The molecule has 0 spiro atoms. The first-order valence-electron chi connectivity index (χ1n) is 8.61. The molecule has 0 saturated carbocycles. The van der Waals surface area contributed by atoms with Gasteiger partial charge < -0.3 is 5.32 Å². The van der Waals surface area contributed by atoms with Crippen LogP contribution in [0.3, 0.4) is 0 Å². The van der Waals surface area contributed by atoms with Crippen molar-refractivity contribution < 1.29 is 8.42 Å². The quantitative estimate of drug-likeness (QED) is 0.388. The minimum atomic E-state index is -3.86.